The molecule has 2 heterocycles. The second kappa shape index (κ2) is 7.92. The summed E-state index contributed by atoms with van der Waals surface area (Å²) in [7, 11) is 0. The number of aromatic nitrogens is 2. The molecule has 1 fully saturated rings. The van der Waals surface area contributed by atoms with Crippen molar-refractivity contribution in [2.24, 2.45) is 4.99 Å². The number of hydrogen-bond acceptors (Lipinski definition) is 3. The number of fused-ring (bicyclic) bond motifs is 1. The van der Waals surface area contributed by atoms with Gasteiger partial charge >= 0.3 is 0 Å². The second-order valence-corrected chi connectivity index (χ2v) is 7.02. The summed E-state index contributed by atoms with van der Waals surface area (Å²) < 4.78 is 27.6. The molecule has 4 nitrogen and oxygen atoms in total. The minimum Gasteiger partial charge on any atom is -0.368 e. The van der Waals surface area contributed by atoms with Crippen LogP contribution in [0, 0.1) is 0 Å². The molecule has 0 amide bonds. The first kappa shape index (κ1) is 18.3. The molecule has 1 aliphatic rings. The van der Waals surface area contributed by atoms with Crippen LogP contribution in [0.2, 0.25) is 0 Å². The first-order valence-electron chi connectivity index (χ1n) is 9.43. The van der Waals surface area contributed by atoms with Crippen LogP contribution >= 0.6 is 0 Å². The van der Waals surface area contributed by atoms with Gasteiger partial charge in [-0.2, -0.15) is 0 Å². The van der Waals surface area contributed by atoms with Gasteiger partial charge in [-0.25, -0.2) is 13.8 Å². The lowest BCUT2D eigenvalue weighted by Gasteiger charge is -2.25. The molecular weight excluding hydrogens is 358 g/mol. The highest BCUT2D eigenvalue weighted by atomic mass is 19.3. The van der Waals surface area contributed by atoms with Crippen molar-refractivity contribution < 1.29 is 8.78 Å². The number of nitrogens with one attached hydrogen (secondary N) is 1. The molecule has 0 saturated heterocycles. The van der Waals surface area contributed by atoms with E-state index in [9.17, 15) is 8.78 Å². The van der Waals surface area contributed by atoms with Crippen molar-refractivity contribution >= 4 is 22.9 Å². The summed E-state index contributed by atoms with van der Waals surface area (Å²) in [6, 6.07) is 15.7. The van der Waals surface area contributed by atoms with E-state index in [0.717, 1.165) is 48.5 Å². The number of pyridine rings is 1. The molecule has 28 heavy (non-hydrogen) atoms. The summed E-state index contributed by atoms with van der Waals surface area (Å²) in [5.74, 6) is 0.788. The van der Waals surface area contributed by atoms with Crippen LogP contribution in [-0.2, 0) is 0 Å². The fourth-order valence-electron chi connectivity index (χ4n) is 3.55. The average Bonchev–Trinajstić information content (AvgIpc) is 3.16. The Hall–Kier alpha value is -3.02. The van der Waals surface area contributed by atoms with Crippen LogP contribution in [0.3, 0.4) is 0 Å². The largest absolute Gasteiger partial charge is 0.368 e. The van der Waals surface area contributed by atoms with Crippen LogP contribution in [0.15, 0.2) is 66.3 Å². The molecule has 1 saturated carbocycles. The first-order chi connectivity index (χ1) is 13.6. The summed E-state index contributed by atoms with van der Waals surface area (Å²) in [6.07, 6.45) is 2.50. The number of aliphatic imine (C=N–C) groups is 1. The Kier molecular flexibility index (Phi) is 5.19. The van der Waals surface area contributed by atoms with E-state index in [1.165, 1.54) is 6.20 Å². The van der Waals surface area contributed by atoms with Crippen LogP contribution < -0.4 is 5.32 Å². The summed E-state index contributed by atoms with van der Waals surface area (Å²) >= 11 is 0. The zero-order chi connectivity index (χ0) is 19.5. The highest BCUT2D eigenvalue weighted by Crippen LogP contribution is 2.25. The van der Waals surface area contributed by atoms with Crippen molar-refractivity contribution in [3.63, 3.8) is 0 Å². The standard InChI is InChI=1S/C22H22F2N4/c1-15(16-6-3-2-4-7-16)25-17-10-12-18(13-11-17)26-20-8-5-9-21-27-19(22(23)24)14-28(20)21/h2-9,14,18,22,26H,1,10-13H2. The Morgan fingerprint density at radius 2 is 1.86 bits per heavy atom. The minimum atomic E-state index is -2.57. The molecule has 144 valence electrons. The highest BCUT2D eigenvalue weighted by Gasteiger charge is 2.19. The van der Waals surface area contributed by atoms with Crippen LogP contribution in [0.25, 0.3) is 11.3 Å². The lowest BCUT2D eigenvalue weighted by atomic mass is 9.93. The number of imidazole rings is 1. The van der Waals surface area contributed by atoms with Crippen molar-refractivity contribution in [2.75, 3.05) is 5.32 Å². The number of rotatable bonds is 5. The van der Waals surface area contributed by atoms with E-state index in [-0.39, 0.29) is 11.7 Å². The maximum atomic E-state index is 12.9. The van der Waals surface area contributed by atoms with Gasteiger partial charge in [-0.15, -0.1) is 0 Å². The van der Waals surface area contributed by atoms with Gasteiger partial charge in [-0.05, 0) is 43.4 Å². The number of hydrogen-bond donors (Lipinski definition) is 1. The maximum absolute atomic E-state index is 12.9. The summed E-state index contributed by atoms with van der Waals surface area (Å²) in [4.78, 5) is 8.70. The van der Waals surface area contributed by atoms with E-state index in [0.29, 0.717) is 5.65 Å². The van der Waals surface area contributed by atoms with Gasteiger partial charge in [0.05, 0.1) is 5.70 Å². The molecular formula is C22H22F2N4. The number of nitrogens with zero attached hydrogens (tertiary/aromatic N) is 3. The lowest BCUT2D eigenvalue weighted by molar-refractivity contribution is 0.147. The third kappa shape index (κ3) is 3.96. The van der Waals surface area contributed by atoms with Crippen LogP contribution in [0.4, 0.5) is 14.6 Å². The molecule has 3 aromatic rings. The van der Waals surface area contributed by atoms with Crippen molar-refractivity contribution in [2.45, 2.75) is 38.2 Å². The molecule has 6 heteroatoms. The molecule has 0 aliphatic heterocycles. The normalized spacial score (nSPS) is 17.1. The lowest BCUT2D eigenvalue weighted by Crippen LogP contribution is -2.27. The Bertz CT molecular complexity index is 998. The summed E-state index contributed by atoms with van der Waals surface area (Å²) in [5.41, 5.74) is 3.32. The molecule has 1 aliphatic carbocycles. The van der Waals surface area contributed by atoms with Crippen molar-refractivity contribution in [1.82, 2.24) is 9.38 Å². The van der Waals surface area contributed by atoms with Gasteiger partial charge < -0.3 is 5.32 Å². The van der Waals surface area contributed by atoms with Gasteiger partial charge in [0.15, 0.2) is 0 Å². The molecule has 1 aromatic carbocycles. The molecule has 0 atom stereocenters. The molecule has 0 bridgehead atoms. The zero-order valence-electron chi connectivity index (χ0n) is 15.5. The van der Waals surface area contributed by atoms with Gasteiger partial charge in [0, 0.05) is 18.0 Å². The SMILES string of the molecule is C=C(N=C1CCC(Nc2cccc3nc(C(F)F)cn23)CC1)c1ccccc1. The smallest absolute Gasteiger partial charge is 0.281 e. The predicted molar refractivity (Wildman–Crippen MR) is 109 cm³/mol. The quantitative estimate of drug-likeness (QED) is 0.613. The molecule has 0 unspecified atom stereocenters. The first-order valence-corrected chi connectivity index (χ1v) is 9.43. The zero-order valence-corrected chi connectivity index (χ0v) is 15.5. The molecule has 2 aromatic heterocycles. The van der Waals surface area contributed by atoms with Gasteiger partial charge in [-0.1, -0.05) is 43.0 Å². The Morgan fingerprint density at radius 3 is 2.57 bits per heavy atom. The van der Waals surface area contributed by atoms with Crippen LogP contribution in [0.1, 0.15) is 43.4 Å². The fourth-order valence-corrected chi connectivity index (χ4v) is 3.55. The number of benzene rings is 1. The topological polar surface area (TPSA) is 41.7 Å². The maximum Gasteiger partial charge on any atom is 0.281 e. The van der Waals surface area contributed by atoms with Crippen molar-refractivity contribution in [1.29, 1.82) is 0 Å². The van der Waals surface area contributed by atoms with E-state index in [1.807, 2.05) is 42.5 Å². The van der Waals surface area contributed by atoms with Gasteiger partial charge in [-0.3, -0.25) is 9.39 Å². The molecule has 4 rings (SSSR count). The molecule has 0 spiro atoms. The highest BCUT2D eigenvalue weighted by molar-refractivity contribution is 5.90. The van der Waals surface area contributed by atoms with Gasteiger partial charge in [0.25, 0.3) is 6.43 Å². The monoisotopic (exact) mass is 380 g/mol. The van der Waals surface area contributed by atoms with Crippen LogP contribution in [-0.4, -0.2) is 21.1 Å². The Morgan fingerprint density at radius 1 is 1.11 bits per heavy atom. The Labute approximate surface area is 162 Å². The van der Waals surface area contributed by atoms with Gasteiger partial charge in [0.2, 0.25) is 0 Å². The van der Waals surface area contributed by atoms with Crippen molar-refractivity contribution in [3.05, 3.63) is 72.6 Å². The Balaban J connectivity index is 1.42. The number of alkyl halides is 2. The summed E-state index contributed by atoms with van der Waals surface area (Å²) in [6.45, 7) is 4.08. The average molecular weight is 380 g/mol. The summed E-state index contributed by atoms with van der Waals surface area (Å²) in [5, 5.41) is 3.48. The van der Waals surface area contributed by atoms with Crippen LogP contribution in [0.5, 0.6) is 0 Å². The molecule has 1 N–H and O–H groups in total. The van der Waals surface area contributed by atoms with E-state index in [4.69, 9.17) is 4.99 Å². The molecule has 0 radical (unpaired) electrons. The fraction of sp³-hybridized carbons (Fsp3) is 0.273. The van der Waals surface area contributed by atoms with E-state index < -0.39 is 6.43 Å². The number of halogens is 2. The second-order valence-electron chi connectivity index (χ2n) is 7.02. The third-order valence-electron chi connectivity index (χ3n) is 5.05. The van der Waals surface area contributed by atoms with Gasteiger partial charge in [0.1, 0.15) is 17.2 Å². The predicted octanol–water partition coefficient (Wildman–Crippen LogP) is 5.74. The van der Waals surface area contributed by atoms with Crippen molar-refractivity contribution in [3.8, 4) is 0 Å². The minimum absolute atomic E-state index is 0.202. The third-order valence-corrected chi connectivity index (χ3v) is 5.05. The number of anilines is 1. The van der Waals surface area contributed by atoms with E-state index in [2.05, 4.69) is 16.9 Å². The van der Waals surface area contributed by atoms with E-state index in [1.54, 1.807) is 10.5 Å². The van der Waals surface area contributed by atoms with E-state index >= 15 is 0 Å².